The number of hydrogen-bond acceptors (Lipinski definition) is 7. The fourth-order valence-corrected chi connectivity index (χ4v) is 3.49. The Morgan fingerprint density at radius 1 is 0.938 bits per heavy atom. The third kappa shape index (κ3) is 5.77. The van der Waals surface area contributed by atoms with Crippen molar-refractivity contribution in [2.45, 2.75) is 4.90 Å². The van der Waals surface area contributed by atoms with Crippen molar-refractivity contribution < 1.29 is 27.4 Å². The molecule has 0 bridgehead atoms. The van der Waals surface area contributed by atoms with Gasteiger partial charge in [-0.2, -0.15) is 13.5 Å². The van der Waals surface area contributed by atoms with Crippen LogP contribution in [-0.2, 0) is 10.0 Å². The van der Waals surface area contributed by atoms with Gasteiger partial charge in [0.1, 0.15) is 5.75 Å². The fourth-order valence-electron chi connectivity index (χ4n) is 2.57. The third-order valence-electron chi connectivity index (χ3n) is 4.23. The van der Waals surface area contributed by atoms with E-state index in [0.717, 1.165) is 0 Å². The van der Waals surface area contributed by atoms with Crippen molar-refractivity contribution in [3.63, 3.8) is 0 Å². The van der Waals surface area contributed by atoms with E-state index in [4.69, 9.17) is 25.8 Å². The maximum Gasteiger partial charge on any atom is 0.343 e. The molecule has 0 unspecified atom stereocenters. The van der Waals surface area contributed by atoms with Crippen LogP contribution in [0.5, 0.6) is 17.2 Å². The van der Waals surface area contributed by atoms with Crippen LogP contribution < -0.4 is 19.0 Å². The first kappa shape index (κ1) is 23.1. The molecule has 32 heavy (non-hydrogen) atoms. The average Bonchev–Trinajstić information content (AvgIpc) is 2.80. The van der Waals surface area contributed by atoms with Crippen molar-refractivity contribution >= 4 is 33.8 Å². The van der Waals surface area contributed by atoms with Crippen LogP contribution >= 0.6 is 11.6 Å². The lowest BCUT2D eigenvalue weighted by atomic mass is 10.2. The molecule has 0 saturated carbocycles. The highest BCUT2D eigenvalue weighted by atomic mass is 35.5. The van der Waals surface area contributed by atoms with Gasteiger partial charge in [-0.05, 0) is 72.3 Å². The molecule has 10 heteroatoms. The molecule has 0 aliphatic carbocycles. The Morgan fingerprint density at radius 3 is 2.25 bits per heavy atom. The molecule has 3 aromatic carbocycles. The molecular formula is C22H19ClN2O6S. The normalized spacial score (nSPS) is 11.2. The number of halogens is 1. The Bertz CT molecular complexity index is 1230. The zero-order valence-electron chi connectivity index (χ0n) is 17.1. The number of methoxy groups -OCH3 is 2. The van der Waals surface area contributed by atoms with Gasteiger partial charge in [-0.1, -0.05) is 11.6 Å². The maximum absolute atomic E-state index is 12.4. The number of nitrogens with one attached hydrogen (secondary N) is 1. The number of nitrogens with zero attached hydrogens (tertiary/aromatic N) is 1. The fraction of sp³-hybridized carbons (Fsp3) is 0.0909. The minimum Gasteiger partial charge on any atom is -0.497 e. The largest absolute Gasteiger partial charge is 0.497 e. The van der Waals surface area contributed by atoms with Gasteiger partial charge in [0.2, 0.25) is 0 Å². The molecule has 0 aliphatic heterocycles. The molecule has 0 atom stereocenters. The molecule has 0 aromatic heterocycles. The maximum atomic E-state index is 12.4. The van der Waals surface area contributed by atoms with Gasteiger partial charge < -0.3 is 14.2 Å². The summed E-state index contributed by atoms with van der Waals surface area (Å²) in [6.45, 7) is 0. The summed E-state index contributed by atoms with van der Waals surface area (Å²) >= 11 is 5.77. The predicted octanol–water partition coefficient (Wildman–Crippen LogP) is 3.89. The molecule has 8 nitrogen and oxygen atoms in total. The van der Waals surface area contributed by atoms with E-state index in [0.29, 0.717) is 21.9 Å². The minimum atomic E-state index is -3.84. The van der Waals surface area contributed by atoms with Crippen molar-refractivity contribution in [2.24, 2.45) is 5.10 Å². The molecule has 3 rings (SSSR count). The summed E-state index contributed by atoms with van der Waals surface area (Å²) in [5.74, 6) is 0.529. The van der Waals surface area contributed by atoms with E-state index in [2.05, 4.69) is 9.93 Å². The second-order valence-electron chi connectivity index (χ2n) is 6.34. The average molecular weight is 475 g/mol. The van der Waals surface area contributed by atoms with Gasteiger partial charge in [0.05, 0.1) is 30.9 Å². The zero-order valence-corrected chi connectivity index (χ0v) is 18.7. The number of hydrogen-bond donors (Lipinski definition) is 1. The lowest BCUT2D eigenvalue weighted by molar-refractivity contribution is 0.0729. The highest BCUT2D eigenvalue weighted by Gasteiger charge is 2.14. The zero-order chi connectivity index (χ0) is 23.1. The van der Waals surface area contributed by atoms with Crippen LogP contribution in [-0.4, -0.2) is 34.8 Å². The van der Waals surface area contributed by atoms with Crippen LogP contribution in [0.2, 0.25) is 5.02 Å². The van der Waals surface area contributed by atoms with Crippen molar-refractivity contribution in [1.82, 2.24) is 4.83 Å². The Kier molecular flexibility index (Phi) is 7.34. The summed E-state index contributed by atoms with van der Waals surface area (Å²) in [7, 11) is -0.884. The number of ether oxygens (including phenoxy) is 3. The van der Waals surface area contributed by atoms with Gasteiger partial charge >= 0.3 is 5.97 Å². The standard InChI is InChI=1S/C22H19ClN2O6S/c1-29-18-8-4-16(5-9-18)22(26)31-20-12-3-15(13-21(20)30-2)14-24-25-32(27,28)19-10-6-17(23)7-11-19/h3-14,25H,1-2H3/b24-14-. The lowest BCUT2D eigenvalue weighted by Gasteiger charge is -2.10. The molecule has 0 fully saturated rings. The molecule has 0 amide bonds. The lowest BCUT2D eigenvalue weighted by Crippen LogP contribution is -2.18. The predicted molar refractivity (Wildman–Crippen MR) is 120 cm³/mol. The number of rotatable bonds is 8. The highest BCUT2D eigenvalue weighted by molar-refractivity contribution is 7.89. The first-order valence-electron chi connectivity index (χ1n) is 9.17. The summed E-state index contributed by atoms with van der Waals surface area (Å²) in [4.78, 5) is 14.5. The van der Waals surface area contributed by atoms with E-state index in [1.807, 2.05) is 0 Å². The number of carbonyl (C=O) groups excluding carboxylic acids is 1. The molecule has 166 valence electrons. The molecule has 0 spiro atoms. The summed E-state index contributed by atoms with van der Waals surface area (Å²) in [5.41, 5.74) is 0.861. The van der Waals surface area contributed by atoms with Gasteiger partial charge in [0.25, 0.3) is 10.0 Å². The topological polar surface area (TPSA) is 103 Å². The van der Waals surface area contributed by atoms with Gasteiger partial charge in [0, 0.05) is 5.02 Å². The first-order valence-corrected chi connectivity index (χ1v) is 11.0. The van der Waals surface area contributed by atoms with Gasteiger partial charge in [-0.15, -0.1) is 0 Å². The SMILES string of the molecule is COc1ccc(C(=O)Oc2ccc(/C=N\NS(=O)(=O)c3ccc(Cl)cc3)cc2OC)cc1. The van der Waals surface area contributed by atoms with E-state index in [-0.39, 0.29) is 16.4 Å². The second kappa shape index (κ2) is 10.2. The number of hydrazone groups is 1. The van der Waals surface area contributed by atoms with Crippen LogP contribution in [0.15, 0.2) is 76.7 Å². The molecular weight excluding hydrogens is 456 g/mol. The Hall–Kier alpha value is -3.56. The second-order valence-corrected chi connectivity index (χ2v) is 8.43. The van der Waals surface area contributed by atoms with Crippen molar-refractivity contribution in [3.8, 4) is 17.2 Å². The number of esters is 1. The van der Waals surface area contributed by atoms with Crippen molar-refractivity contribution in [2.75, 3.05) is 14.2 Å². The van der Waals surface area contributed by atoms with Crippen molar-refractivity contribution in [1.29, 1.82) is 0 Å². The van der Waals surface area contributed by atoms with E-state index >= 15 is 0 Å². The Morgan fingerprint density at radius 2 is 1.62 bits per heavy atom. The Labute approximate surface area is 190 Å². The monoisotopic (exact) mass is 474 g/mol. The van der Waals surface area contributed by atoms with E-state index < -0.39 is 16.0 Å². The van der Waals surface area contributed by atoms with Crippen LogP contribution in [0, 0.1) is 0 Å². The van der Waals surface area contributed by atoms with Crippen molar-refractivity contribution in [3.05, 3.63) is 82.9 Å². The third-order valence-corrected chi connectivity index (χ3v) is 5.72. The van der Waals surface area contributed by atoms with E-state index in [1.54, 1.807) is 36.4 Å². The number of carbonyl (C=O) groups is 1. The van der Waals surface area contributed by atoms with Gasteiger partial charge in [0.15, 0.2) is 11.5 Å². The van der Waals surface area contributed by atoms with Crippen LogP contribution in [0.25, 0.3) is 0 Å². The Balaban J connectivity index is 1.70. The summed E-state index contributed by atoms with van der Waals surface area (Å²) in [6, 6.07) is 16.8. The molecule has 1 N–H and O–H groups in total. The minimum absolute atomic E-state index is 0.0254. The number of benzene rings is 3. The highest BCUT2D eigenvalue weighted by Crippen LogP contribution is 2.28. The summed E-state index contributed by atoms with van der Waals surface area (Å²) < 4.78 is 40.2. The smallest absolute Gasteiger partial charge is 0.343 e. The quantitative estimate of drug-likeness (QED) is 0.230. The van der Waals surface area contributed by atoms with Crippen LogP contribution in [0.1, 0.15) is 15.9 Å². The number of sulfonamides is 1. The molecule has 3 aromatic rings. The van der Waals surface area contributed by atoms with E-state index in [1.165, 1.54) is 50.8 Å². The summed E-state index contributed by atoms with van der Waals surface area (Å²) in [6.07, 6.45) is 1.30. The van der Waals surface area contributed by atoms with Crippen LogP contribution in [0.4, 0.5) is 0 Å². The molecule has 0 saturated heterocycles. The van der Waals surface area contributed by atoms with Gasteiger partial charge in [-0.3, -0.25) is 0 Å². The van der Waals surface area contributed by atoms with Gasteiger partial charge in [-0.25, -0.2) is 9.63 Å². The molecule has 0 aliphatic rings. The summed E-state index contributed by atoms with van der Waals surface area (Å²) in [5, 5.41) is 4.19. The molecule has 0 heterocycles. The van der Waals surface area contributed by atoms with Crippen LogP contribution in [0.3, 0.4) is 0 Å². The van der Waals surface area contributed by atoms with E-state index in [9.17, 15) is 13.2 Å². The first-order chi connectivity index (χ1) is 15.3. The molecule has 0 radical (unpaired) electrons.